The van der Waals surface area contributed by atoms with E-state index in [1.807, 2.05) is 0 Å². The summed E-state index contributed by atoms with van der Waals surface area (Å²) in [4.78, 5) is 0. The van der Waals surface area contributed by atoms with Crippen molar-refractivity contribution in [3.05, 3.63) is 253 Å². The number of aromatic nitrogens is 2. The van der Waals surface area contributed by atoms with Crippen molar-refractivity contribution in [1.29, 1.82) is 0 Å². The zero-order chi connectivity index (χ0) is 40.8. The van der Waals surface area contributed by atoms with Crippen LogP contribution in [0.4, 0.5) is 0 Å². The van der Waals surface area contributed by atoms with Gasteiger partial charge in [-0.2, -0.15) is 5.10 Å². The third-order valence-electron chi connectivity index (χ3n) is 13.4. The summed E-state index contributed by atoms with van der Waals surface area (Å²) in [6.45, 7) is 0. The van der Waals surface area contributed by atoms with Gasteiger partial charge >= 0.3 is 0 Å². The molecular formula is C60H38N2. The molecule has 9 aromatic carbocycles. The molecule has 2 heterocycles. The Kier molecular flexibility index (Phi) is 7.55. The molecule has 13 rings (SSSR count). The number of hydrogen-bond donors (Lipinski definition) is 0. The largest absolute Gasteiger partial charge is 0.231 e. The highest BCUT2D eigenvalue weighted by Crippen LogP contribution is 2.63. The van der Waals surface area contributed by atoms with Gasteiger partial charge in [-0.25, -0.2) is 4.52 Å². The van der Waals surface area contributed by atoms with E-state index in [9.17, 15) is 0 Å². The van der Waals surface area contributed by atoms with Crippen LogP contribution in [0.5, 0.6) is 0 Å². The van der Waals surface area contributed by atoms with Crippen molar-refractivity contribution in [2.24, 2.45) is 0 Å². The van der Waals surface area contributed by atoms with E-state index in [0.29, 0.717) is 0 Å². The lowest BCUT2D eigenvalue weighted by Crippen LogP contribution is -2.25. The standard InChI is InChI=1S/C60H38N2/c1-4-19-39(20-5-1)56-57(40-21-6-2-7-22-40)61-62-58(41-23-8-3-9-24-41)55(48-30-10-11-31-49(48)59(56)62)44-26-18-25-42(37-44)43-35-36-54-50(38-43)47-29-14-17-34-53(47)60(54)51-32-15-12-27-45(51)46-28-13-16-33-52(46)60/h1-38H. The Morgan fingerprint density at radius 2 is 0.774 bits per heavy atom. The molecule has 0 saturated heterocycles. The minimum Gasteiger partial charge on any atom is -0.231 e. The number of pyridine rings is 1. The highest BCUT2D eigenvalue weighted by Gasteiger charge is 2.51. The maximum atomic E-state index is 5.60. The second-order valence-electron chi connectivity index (χ2n) is 16.6. The van der Waals surface area contributed by atoms with E-state index in [0.717, 1.165) is 55.7 Å². The van der Waals surface area contributed by atoms with E-state index in [-0.39, 0.29) is 5.41 Å². The molecule has 11 aromatic rings. The Labute approximate surface area is 360 Å². The highest BCUT2D eigenvalue weighted by molar-refractivity contribution is 6.15. The fraction of sp³-hybridized carbons (Fsp3) is 0.0167. The van der Waals surface area contributed by atoms with Crippen molar-refractivity contribution in [1.82, 2.24) is 9.61 Å². The Bertz CT molecular complexity index is 3520. The minimum atomic E-state index is -0.362. The highest BCUT2D eigenvalue weighted by atomic mass is 15.2. The van der Waals surface area contributed by atoms with E-state index >= 15 is 0 Å². The van der Waals surface area contributed by atoms with E-state index < -0.39 is 0 Å². The van der Waals surface area contributed by atoms with Crippen LogP contribution in [0.3, 0.4) is 0 Å². The van der Waals surface area contributed by atoms with Crippen LogP contribution in [-0.4, -0.2) is 9.61 Å². The predicted octanol–water partition coefficient (Wildman–Crippen LogP) is 15.2. The Hall–Kier alpha value is -8.07. The zero-order valence-electron chi connectivity index (χ0n) is 33.8. The minimum absolute atomic E-state index is 0.362. The van der Waals surface area contributed by atoms with Crippen LogP contribution in [0.2, 0.25) is 0 Å². The number of rotatable bonds is 5. The van der Waals surface area contributed by atoms with Crippen molar-refractivity contribution < 1.29 is 0 Å². The van der Waals surface area contributed by atoms with E-state index in [1.54, 1.807) is 0 Å². The fourth-order valence-electron chi connectivity index (χ4n) is 10.9. The van der Waals surface area contributed by atoms with E-state index in [2.05, 4.69) is 235 Å². The molecule has 288 valence electrons. The van der Waals surface area contributed by atoms with Gasteiger partial charge in [0.05, 0.1) is 16.6 Å². The molecule has 0 aliphatic heterocycles. The summed E-state index contributed by atoms with van der Waals surface area (Å²) in [6.07, 6.45) is 0. The first-order chi connectivity index (χ1) is 30.8. The molecule has 1 spiro atoms. The number of fused-ring (bicyclic) bond motifs is 13. The first-order valence-electron chi connectivity index (χ1n) is 21.5. The summed E-state index contributed by atoms with van der Waals surface area (Å²) in [7, 11) is 0. The lowest BCUT2D eigenvalue weighted by Gasteiger charge is -2.30. The van der Waals surface area contributed by atoms with E-state index in [4.69, 9.17) is 5.10 Å². The van der Waals surface area contributed by atoms with Gasteiger partial charge in [-0.3, -0.25) is 0 Å². The summed E-state index contributed by atoms with van der Waals surface area (Å²) >= 11 is 0. The summed E-state index contributed by atoms with van der Waals surface area (Å²) in [5.41, 5.74) is 22.6. The normalized spacial score (nSPS) is 13.0. The molecule has 0 unspecified atom stereocenters. The molecule has 2 nitrogen and oxygen atoms in total. The van der Waals surface area contributed by atoms with Crippen molar-refractivity contribution in [3.63, 3.8) is 0 Å². The van der Waals surface area contributed by atoms with Gasteiger partial charge in [0.25, 0.3) is 0 Å². The van der Waals surface area contributed by atoms with Crippen LogP contribution in [-0.2, 0) is 5.41 Å². The molecule has 2 aliphatic rings. The second kappa shape index (κ2) is 13.5. The van der Waals surface area contributed by atoms with Crippen molar-refractivity contribution in [2.75, 3.05) is 0 Å². The molecule has 62 heavy (non-hydrogen) atoms. The monoisotopic (exact) mass is 786 g/mol. The molecule has 0 saturated carbocycles. The van der Waals surface area contributed by atoms with Crippen LogP contribution in [0, 0.1) is 0 Å². The summed E-state index contributed by atoms with van der Waals surface area (Å²) in [6, 6.07) is 84.5. The molecule has 2 aromatic heterocycles. The number of hydrogen-bond acceptors (Lipinski definition) is 1. The van der Waals surface area contributed by atoms with Crippen LogP contribution in [0.1, 0.15) is 22.3 Å². The summed E-state index contributed by atoms with van der Waals surface area (Å²) < 4.78 is 2.23. The number of nitrogens with zero attached hydrogens (tertiary/aromatic N) is 2. The Morgan fingerprint density at radius 3 is 1.42 bits per heavy atom. The molecular weight excluding hydrogens is 749 g/mol. The van der Waals surface area contributed by atoms with Gasteiger partial charge in [0.1, 0.15) is 5.69 Å². The summed E-state index contributed by atoms with van der Waals surface area (Å²) in [5.74, 6) is 0. The van der Waals surface area contributed by atoms with Gasteiger partial charge in [0, 0.05) is 27.6 Å². The van der Waals surface area contributed by atoms with Gasteiger partial charge in [-0.05, 0) is 84.3 Å². The van der Waals surface area contributed by atoms with Crippen molar-refractivity contribution in [2.45, 2.75) is 5.41 Å². The molecule has 0 fully saturated rings. The van der Waals surface area contributed by atoms with E-state index in [1.165, 1.54) is 61.0 Å². The third kappa shape index (κ3) is 4.83. The SMILES string of the molecule is c1ccc(-c2nn3c(-c4ccccc4)c(-c4cccc(-c5ccc6c(c5)-c5ccccc5C65c6ccccc6-c6ccccc65)c4)c4ccccc4c3c2-c2ccccc2)cc1. The molecule has 0 atom stereocenters. The quantitative estimate of drug-likeness (QED) is 0.170. The predicted molar refractivity (Wildman–Crippen MR) is 256 cm³/mol. The fourth-order valence-corrected chi connectivity index (χ4v) is 10.9. The first-order valence-corrected chi connectivity index (χ1v) is 21.5. The van der Waals surface area contributed by atoms with Crippen LogP contribution in [0.15, 0.2) is 231 Å². The maximum Gasteiger partial charge on any atom is 0.101 e. The average molecular weight is 787 g/mol. The van der Waals surface area contributed by atoms with Gasteiger partial charge < -0.3 is 0 Å². The molecule has 0 bridgehead atoms. The third-order valence-corrected chi connectivity index (χ3v) is 13.4. The van der Waals surface area contributed by atoms with Crippen molar-refractivity contribution in [3.8, 4) is 78.1 Å². The molecule has 2 aliphatic carbocycles. The Balaban J connectivity index is 1.06. The zero-order valence-corrected chi connectivity index (χ0v) is 33.8. The maximum absolute atomic E-state index is 5.60. The van der Waals surface area contributed by atoms with Crippen LogP contribution >= 0.6 is 0 Å². The molecule has 2 heteroatoms. The molecule has 0 radical (unpaired) electrons. The Morgan fingerprint density at radius 1 is 0.306 bits per heavy atom. The molecule has 0 amide bonds. The second-order valence-corrected chi connectivity index (χ2v) is 16.6. The molecule has 0 N–H and O–H groups in total. The van der Waals surface area contributed by atoms with Crippen molar-refractivity contribution >= 4 is 16.3 Å². The van der Waals surface area contributed by atoms with Gasteiger partial charge in [-0.15, -0.1) is 0 Å². The van der Waals surface area contributed by atoms with Gasteiger partial charge in [0.2, 0.25) is 0 Å². The first kappa shape index (κ1) is 34.8. The average Bonchev–Trinajstić information content (AvgIpc) is 3.99. The lowest BCUT2D eigenvalue weighted by atomic mass is 9.70. The summed E-state index contributed by atoms with van der Waals surface area (Å²) in [5, 5.41) is 7.95. The topological polar surface area (TPSA) is 17.3 Å². The lowest BCUT2D eigenvalue weighted by molar-refractivity contribution is 0.794. The smallest absolute Gasteiger partial charge is 0.101 e. The van der Waals surface area contributed by atoms with Gasteiger partial charge in [0.15, 0.2) is 0 Å². The number of benzene rings is 9. The van der Waals surface area contributed by atoms with Gasteiger partial charge in [-0.1, -0.05) is 218 Å². The van der Waals surface area contributed by atoms with Crippen LogP contribution < -0.4 is 0 Å². The van der Waals surface area contributed by atoms with Crippen LogP contribution in [0.25, 0.3) is 94.4 Å².